The molecule has 0 atom stereocenters. The number of ether oxygens (including phenoxy) is 2. The maximum Gasteiger partial charge on any atom is 0.166 e. The molecule has 0 N–H and O–H groups in total. The Balaban J connectivity index is 4.15. The average molecular weight is 188 g/mol. The van der Waals surface area contributed by atoms with E-state index in [2.05, 4.69) is 6.92 Å². The van der Waals surface area contributed by atoms with Gasteiger partial charge in [-0.2, -0.15) is 0 Å². The summed E-state index contributed by atoms with van der Waals surface area (Å²) in [6.07, 6.45) is 2.46. The highest BCUT2D eigenvalue weighted by Crippen LogP contribution is 2.22. The van der Waals surface area contributed by atoms with E-state index in [1.54, 1.807) is 0 Å². The van der Waals surface area contributed by atoms with Gasteiger partial charge < -0.3 is 9.47 Å². The van der Waals surface area contributed by atoms with Gasteiger partial charge in [0.25, 0.3) is 0 Å². The molecule has 0 aliphatic heterocycles. The Kier molecular flexibility index (Phi) is 5.57. The third-order valence-electron chi connectivity index (χ3n) is 1.67. The summed E-state index contributed by atoms with van der Waals surface area (Å²) >= 11 is 0. The van der Waals surface area contributed by atoms with Crippen LogP contribution in [0, 0.1) is 0 Å². The van der Waals surface area contributed by atoms with Crippen LogP contribution in [0.25, 0.3) is 0 Å². The molecule has 0 amide bonds. The van der Waals surface area contributed by atoms with Gasteiger partial charge >= 0.3 is 0 Å². The Morgan fingerprint density at radius 2 is 1.38 bits per heavy atom. The summed E-state index contributed by atoms with van der Waals surface area (Å²) in [5, 5.41) is 0. The first kappa shape index (κ1) is 12.9. The molecule has 0 aromatic heterocycles. The Labute approximate surface area is 82.6 Å². The molecule has 0 fully saturated rings. The standard InChI is InChI=1S/C11H24O2/c1-7-8-11(6,12-9(2)3)13-10(4)5/h9-10H,7-8H2,1-6H3. The predicted molar refractivity (Wildman–Crippen MR) is 55.8 cm³/mol. The summed E-state index contributed by atoms with van der Waals surface area (Å²) in [4.78, 5) is 0. The van der Waals surface area contributed by atoms with Gasteiger partial charge in [0.05, 0.1) is 12.2 Å². The summed E-state index contributed by atoms with van der Waals surface area (Å²) < 4.78 is 11.5. The number of hydrogen-bond acceptors (Lipinski definition) is 2. The highest BCUT2D eigenvalue weighted by Gasteiger charge is 2.27. The van der Waals surface area contributed by atoms with E-state index in [0.29, 0.717) is 0 Å². The van der Waals surface area contributed by atoms with Gasteiger partial charge in [-0.3, -0.25) is 0 Å². The van der Waals surface area contributed by atoms with Crippen LogP contribution in [0.15, 0.2) is 0 Å². The first-order chi connectivity index (χ1) is 5.89. The van der Waals surface area contributed by atoms with Gasteiger partial charge in [-0.15, -0.1) is 0 Å². The van der Waals surface area contributed by atoms with E-state index >= 15 is 0 Å². The summed E-state index contributed by atoms with van der Waals surface area (Å²) in [5.74, 6) is -0.406. The topological polar surface area (TPSA) is 18.5 Å². The van der Waals surface area contributed by atoms with E-state index in [1.807, 2.05) is 34.6 Å². The van der Waals surface area contributed by atoms with Crippen molar-refractivity contribution in [1.29, 1.82) is 0 Å². The molecule has 2 heteroatoms. The normalized spacial score (nSPS) is 12.9. The first-order valence-electron chi connectivity index (χ1n) is 5.25. The highest BCUT2D eigenvalue weighted by atomic mass is 16.7. The van der Waals surface area contributed by atoms with Gasteiger partial charge in [-0.1, -0.05) is 13.3 Å². The van der Waals surface area contributed by atoms with E-state index in [1.165, 1.54) is 0 Å². The molecule has 0 rings (SSSR count). The quantitative estimate of drug-likeness (QED) is 0.595. The fourth-order valence-corrected chi connectivity index (χ4v) is 1.60. The molecule has 0 radical (unpaired) electrons. The average Bonchev–Trinajstić information content (AvgIpc) is 1.81. The van der Waals surface area contributed by atoms with Crippen LogP contribution in [-0.2, 0) is 9.47 Å². The first-order valence-corrected chi connectivity index (χ1v) is 5.25. The van der Waals surface area contributed by atoms with Crippen molar-refractivity contribution in [3.05, 3.63) is 0 Å². The van der Waals surface area contributed by atoms with Crippen LogP contribution in [0.5, 0.6) is 0 Å². The molecule has 0 aromatic rings. The molecular formula is C11H24O2. The van der Waals surface area contributed by atoms with Crippen LogP contribution in [0.2, 0.25) is 0 Å². The molecule has 0 saturated carbocycles. The molecule has 0 aromatic carbocycles. The van der Waals surface area contributed by atoms with Gasteiger partial charge in [-0.25, -0.2) is 0 Å². The van der Waals surface area contributed by atoms with Gasteiger partial charge in [0.15, 0.2) is 5.79 Å². The van der Waals surface area contributed by atoms with Crippen molar-refractivity contribution in [1.82, 2.24) is 0 Å². The van der Waals surface area contributed by atoms with Gasteiger partial charge in [0.1, 0.15) is 0 Å². The maximum absolute atomic E-state index is 5.77. The minimum Gasteiger partial charge on any atom is -0.348 e. The summed E-state index contributed by atoms with van der Waals surface area (Å²) in [5.41, 5.74) is 0. The minimum absolute atomic E-state index is 0.218. The maximum atomic E-state index is 5.77. The monoisotopic (exact) mass is 188 g/mol. The Hall–Kier alpha value is -0.0800. The van der Waals surface area contributed by atoms with Crippen LogP contribution >= 0.6 is 0 Å². The van der Waals surface area contributed by atoms with E-state index in [-0.39, 0.29) is 12.2 Å². The molecule has 0 aliphatic rings. The molecule has 0 saturated heterocycles. The van der Waals surface area contributed by atoms with Gasteiger partial charge in [0.2, 0.25) is 0 Å². The van der Waals surface area contributed by atoms with Crippen molar-refractivity contribution in [3.8, 4) is 0 Å². The molecule has 0 unspecified atom stereocenters. The van der Waals surface area contributed by atoms with E-state index in [0.717, 1.165) is 12.8 Å². The van der Waals surface area contributed by atoms with Crippen molar-refractivity contribution >= 4 is 0 Å². The smallest absolute Gasteiger partial charge is 0.166 e. The van der Waals surface area contributed by atoms with Gasteiger partial charge in [0, 0.05) is 6.42 Å². The van der Waals surface area contributed by atoms with Crippen LogP contribution in [-0.4, -0.2) is 18.0 Å². The van der Waals surface area contributed by atoms with Crippen molar-refractivity contribution in [2.45, 2.75) is 72.4 Å². The van der Waals surface area contributed by atoms with Crippen molar-refractivity contribution in [2.24, 2.45) is 0 Å². The summed E-state index contributed by atoms with van der Waals surface area (Å²) in [7, 11) is 0. The molecule has 0 bridgehead atoms. The van der Waals surface area contributed by atoms with Crippen molar-refractivity contribution in [3.63, 3.8) is 0 Å². The lowest BCUT2D eigenvalue weighted by atomic mass is 10.1. The molecule has 13 heavy (non-hydrogen) atoms. The molecule has 0 aliphatic carbocycles. The lowest BCUT2D eigenvalue weighted by Crippen LogP contribution is -2.37. The SMILES string of the molecule is CCCC(C)(OC(C)C)OC(C)C. The second-order valence-electron chi connectivity index (χ2n) is 4.22. The van der Waals surface area contributed by atoms with Crippen LogP contribution in [0.4, 0.5) is 0 Å². The second kappa shape index (κ2) is 5.61. The molecule has 0 spiro atoms. The Morgan fingerprint density at radius 1 is 1.00 bits per heavy atom. The third kappa shape index (κ3) is 6.05. The zero-order chi connectivity index (χ0) is 10.5. The highest BCUT2D eigenvalue weighted by molar-refractivity contribution is 4.65. The number of rotatable bonds is 6. The number of hydrogen-bond donors (Lipinski definition) is 0. The molecule has 2 nitrogen and oxygen atoms in total. The largest absolute Gasteiger partial charge is 0.348 e. The van der Waals surface area contributed by atoms with Crippen LogP contribution < -0.4 is 0 Å². The zero-order valence-electron chi connectivity index (χ0n) is 9.89. The van der Waals surface area contributed by atoms with Crippen molar-refractivity contribution in [2.75, 3.05) is 0 Å². The summed E-state index contributed by atoms with van der Waals surface area (Å²) in [6, 6.07) is 0. The van der Waals surface area contributed by atoms with Crippen LogP contribution in [0.1, 0.15) is 54.4 Å². The van der Waals surface area contributed by atoms with E-state index < -0.39 is 5.79 Å². The summed E-state index contributed by atoms with van der Waals surface area (Å²) in [6.45, 7) is 12.3. The van der Waals surface area contributed by atoms with Crippen molar-refractivity contribution < 1.29 is 9.47 Å². The Morgan fingerprint density at radius 3 is 1.62 bits per heavy atom. The zero-order valence-corrected chi connectivity index (χ0v) is 9.89. The Bertz CT molecular complexity index is 120. The van der Waals surface area contributed by atoms with E-state index in [9.17, 15) is 0 Å². The third-order valence-corrected chi connectivity index (χ3v) is 1.67. The lowest BCUT2D eigenvalue weighted by Gasteiger charge is -2.33. The van der Waals surface area contributed by atoms with Crippen LogP contribution in [0.3, 0.4) is 0 Å². The fourth-order valence-electron chi connectivity index (χ4n) is 1.60. The minimum atomic E-state index is -0.406. The molecular weight excluding hydrogens is 164 g/mol. The second-order valence-corrected chi connectivity index (χ2v) is 4.22. The molecule has 0 heterocycles. The van der Waals surface area contributed by atoms with Gasteiger partial charge in [-0.05, 0) is 34.6 Å². The van der Waals surface area contributed by atoms with E-state index in [4.69, 9.17) is 9.47 Å². The predicted octanol–water partition coefficient (Wildman–Crippen LogP) is 3.35. The fraction of sp³-hybridized carbons (Fsp3) is 1.00. The molecule has 80 valence electrons. The lowest BCUT2D eigenvalue weighted by molar-refractivity contribution is -0.261.